The van der Waals surface area contributed by atoms with Crippen molar-refractivity contribution in [2.45, 2.75) is 18.6 Å². The summed E-state index contributed by atoms with van der Waals surface area (Å²) in [5, 5.41) is 9.88. The van der Waals surface area contributed by atoms with Crippen LogP contribution < -0.4 is 5.32 Å². The van der Waals surface area contributed by atoms with Crippen molar-refractivity contribution in [3.05, 3.63) is 0 Å². The van der Waals surface area contributed by atoms with Gasteiger partial charge in [-0.2, -0.15) is 13.2 Å². The molecule has 1 atom stereocenters. The van der Waals surface area contributed by atoms with Gasteiger partial charge in [0.1, 0.15) is 0 Å². The molecule has 11 heavy (non-hydrogen) atoms. The molecule has 0 aliphatic heterocycles. The van der Waals surface area contributed by atoms with Gasteiger partial charge in [-0.05, 0) is 14.0 Å². The Bertz CT molecular complexity index is 168. The first-order valence-electron chi connectivity index (χ1n) is 2.74. The molecule has 0 aromatic heterocycles. The van der Waals surface area contributed by atoms with Crippen molar-refractivity contribution in [1.82, 2.24) is 5.32 Å². The van der Waals surface area contributed by atoms with E-state index in [1.165, 1.54) is 0 Å². The highest BCUT2D eigenvalue weighted by Crippen LogP contribution is 2.29. The number of carboxylic acid groups (broad SMARTS) is 1. The Kier molecular flexibility index (Phi) is 2.50. The Labute approximate surface area is 61.2 Å². The zero-order chi connectivity index (χ0) is 9.28. The van der Waals surface area contributed by atoms with Gasteiger partial charge in [-0.25, -0.2) is 4.79 Å². The molecular formula is C5H8F3NO2. The minimum absolute atomic E-state index is 0.565. The Morgan fingerprint density at radius 1 is 1.45 bits per heavy atom. The molecule has 0 aromatic carbocycles. The number of aliphatic carboxylic acids is 1. The number of carbonyl (C=O) groups is 1. The summed E-state index contributed by atoms with van der Waals surface area (Å²) in [6.45, 7) is 0.565. The molecule has 0 bridgehead atoms. The summed E-state index contributed by atoms with van der Waals surface area (Å²) >= 11 is 0. The third-order valence-electron chi connectivity index (χ3n) is 1.49. The molecule has 0 amide bonds. The summed E-state index contributed by atoms with van der Waals surface area (Å²) in [5.74, 6) is -1.94. The zero-order valence-electron chi connectivity index (χ0n) is 5.99. The van der Waals surface area contributed by atoms with Crippen LogP contribution in [-0.4, -0.2) is 29.8 Å². The van der Waals surface area contributed by atoms with Gasteiger partial charge in [0.2, 0.25) is 5.54 Å². The minimum Gasteiger partial charge on any atom is -0.480 e. The normalized spacial score (nSPS) is 17.5. The van der Waals surface area contributed by atoms with Crippen molar-refractivity contribution < 1.29 is 23.1 Å². The molecule has 0 saturated carbocycles. The number of nitrogens with one attached hydrogen (secondary N) is 1. The van der Waals surface area contributed by atoms with Gasteiger partial charge in [-0.1, -0.05) is 0 Å². The molecule has 0 rings (SSSR count). The number of carboxylic acids is 1. The third-order valence-corrected chi connectivity index (χ3v) is 1.49. The van der Waals surface area contributed by atoms with E-state index in [1.807, 2.05) is 0 Å². The zero-order valence-corrected chi connectivity index (χ0v) is 5.99. The van der Waals surface area contributed by atoms with Gasteiger partial charge in [-0.3, -0.25) is 5.32 Å². The van der Waals surface area contributed by atoms with E-state index in [2.05, 4.69) is 0 Å². The van der Waals surface area contributed by atoms with Crippen LogP contribution in [-0.2, 0) is 4.79 Å². The van der Waals surface area contributed by atoms with Gasteiger partial charge in [0.25, 0.3) is 0 Å². The first kappa shape index (κ1) is 10.2. The lowest BCUT2D eigenvalue weighted by Gasteiger charge is -2.26. The second kappa shape index (κ2) is 2.69. The Morgan fingerprint density at radius 3 is 1.82 bits per heavy atom. The summed E-state index contributed by atoms with van der Waals surface area (Å²) in [5.41, 5.74) is -2.85. The lowest BCUT2D eigenvalue weighted by molar-refractivity contribution is -0.204. The molecular weight excluding hydrogens is 163 g/mol. The number of alkyl halides is 3. The first-order chi connectivity index (χ1) is 4.75. The molecule has 6 heteroatoms. The second-order valence-electron chi connectivity index (χ2n) is 2.18. The average Bonchev–Trinajstić information content (AvgIpc) is 1.83. The molecule has 0 radical (unpaired) electrons. The number of likely N-dealkylation sites (N-methyl/N-ethyl adjacent to an activating group) is 1. The minimum atomic E-state index is -4.78. The highest BCUT2D eigenvalue weighted by atomic mass is 19.4. The maximum absolute atomic E-state index is 11.9. The highest BCUT2D eigenvalue weighted by Gasteiger charge is 2.56. The van der Waals surface area contributed by atoms with Crippen LogP contribution in [0.15, 0.2) is 0 Å². The van der Waals surface area contributed by atoms with Gasteiger partial charge < -0.3 is 5.11 Å². The van der Waals surface area contributed by atoms with Crippen LogP contribution >= 0.6 is 0 Å². The van der Waals surface area contributed by atoms with Crippen molar-refractivity contribution in [1.29, 1.82) is 0 Å². The smallest absolute Gasteiger partial charge is 0.417 e. The fourth-order valence-corrected chi connectivity index (χ4v) is 0.370. The molecule has 1 unspecified atom stereocenters. The van der Waals surface area contributed by atoms with Crippen molar-refractivity contribution in [3.63, 3.8) is 0 Å². The standard InChI is InChI=1S/C5H8F3NO2/c1-4(9-2,3(10)11)5(6,7)8/h9H,1-2H3,(H,10,11). The van der Waals surface area contributed by atoms with Crippen LogP contribution in [0.5, 0.6) is 0 Å². The number of rotatable bonds is 2. The van der Waals surface area contributed by atoms with E-state index in [0.29, 0.717) is 6.92 Å². The van der Waals surface area contributed by atoms with Gasteiger partial charge in [-0.15, -0.1) is 0 Å². The monoisotopic (exact) mass is 171 g/mol. The molecule has 3 nitrogen and oxygen atoms in total. The van der Waals surface area contributed by atoms with Gasteiger partial charge in [0.05, 0.1) is 0 Å². The average molecular weight is 171 g/mol. The number of hydrogen-bond acceptors (Lipinski definition) is 2. The van der Waals surface area contributed by atoms with E-state index in [9.17, 15) is 18.0 Å². The molecule has 0 aliphatic rings. The van der Waals surface area contributed by atoms with Crippen LogP contribution in [0, 0.1) is 0 Å². The molecule has 0 spiro atoms. The third kappa shape index (κ3) is 1.62. The topological polar surface area (TPSA) is 49.3 Å². The van der Waals surface area contributed by atoms with Crippen molar-refractivity contribution >= 4 is 5.97 Å². The summed E-state index contributed by atoms with van der Waals surface area (Å²) in [4.78, 5) is 10.1. The van der Waals surface area contributed by atoms with E-state index >= 15 is 0 Å². The quantitative estimate of drug-likeness (QED) is 0.640. The predicted octanol–water partition coefficient (Wildman–Crippen LogP) is 0.611. The molecule has 0 fully saturated rings. The first-order valence-corrected chi connectivity index (χ1v) is 2.74. The van der Waals surface area contributed by atoms with Gasteiger partial charge in [0.15, 0.2) is 0 Å². The van der Waals surface area contributed by atoms with Crippen LogP contribution in [0.4, 0.5) is 13.2 Å². The maximum atomic E-state index is 11.9. The number of hydrogen-bond donors (Lipinski definition) is 2. The van der Waals surface area contributed by atoms with E-state index in [0.717, 1.165) is 7.05 Å². The highest BCUT2D eigenvalue weighted by molar-refractivity contribution is 5.79. The lowest BCUT2D eigenvalue weighted by Crippen LogP contribution is -2.58. The van der Waals surface area contributed by atoms with Crippen molar-refractivity contribution in [2.75, 3.05) is 7.05 Å². The predicted molar refractivity (Wildman–Crippen MR) is 31.2 cm³/mol. The molecule has 0 saturated heterocycles. The SMILES string of the molecule is CNC(C)(C(=O)O)C(F)(F)F. The van der Waals surface area contributed by atoms with Crippen LogP contribution in [0.1, 0.15) is 6.92 Å². The van der Waals surface area contributed by atoms with E-state index in [1.54, 1.807) is 5.32 Å². The maximum Gasteiger partial charge on any atom is 0.417 e. The van der Waals surface area contributed by atoms with Gasteiger partial charge >= 0.3 is 12.1 Å². The Hall–Kier alpha value is -0.780. The number of halogens is 3. The summed E-state index contributed by atoms with van der Waals surface area (Å²) in [6, 6.07) is 0. The van der Waals surface area contributed by atoms with Crippen LogP contribution in [0.3, 0.4) is 0 Å². The fourth-order valence-electron chi connectivity index (χ4n) is 0.370. The molecule has 2 N–H and O–H groups in total. The van der Waals surface area contributed by atoms with Crippen molar-refractivity contribution in [3.8, 4) is 0 Å². The molecule has 0 aliphatic carbocycles. The summed E-state index contributed by atoms with van der Waals surface area (Å²) in [7, 11) is 0.946. The van der Waals surface area contributed by atoms with E-state index in [4.69, 9.17) is 5.11 Å². The largest absolute Gasteiger partial charge is 0.480 e. The van der Waals surface area contributed by atoms with E-state index in [-0.39, 0.29) is 0 Å². The fraction of sp³-hybridized carbons (Fsp3) is 0.800. The van der Waals surface area contributed by atoms with Crippen molar-refractivity contribution in [2.24, 2.45) is 0 Å². The summed E-state index contributed by atoms with van der Waals surface area (Å²) in [6.07, 6.45) is -4.78. The van der Waals surface area contributed by atoms with E-state index < -0.39 is 17.7 Å². The lowest BCUT2D eigenvalue weighted by atomic mass is 10.0. The van der Waals surface area contributed by atoms with Crippen LogP contribution in [0.25, 0.3) is 0 Å². The van der Waals surface area contributed by atoms with Gasteiger partial charge in [0, 0.05) is 0 Å². The molecule has 0 heterocycles. The Balaban J connectivity index is 4.75. The summed E-state index contributed by atoms with van der Waals surface area (Å²) < 4.78 is 35.7. The Morgan fingerprint density at radius 2 is 1.82 bits per heavy atom. The second-order valence-corrected chi connectivity index (χ2v) is 2.18. The van der Waals surface area contributed by atoms with Crippen LogP contribution in [0.2, 0.25) is 0 Å². The molecule has 66 valence electrons. The molecule has 0 aromatic rings.